The normalized spacial score (nSPS) is 29.1. The molecule has 0 aromatic carbocycles. The standard InChI is InChI=1S/C12H25NO4/c1-4-15-11(16-5-2)8-13-9-12(14)6-7-17-10(12)3/h10-11,13-14H,4-9H2,1-3H3. The van der Waals surface area contributed by atoms with Gasteiger partial charge in [-0.05, 0) is 20.8 Å². The van der Waals surface area contributed by atoms with E-state index in [0.29, 0.717) is 39.3 Å². The molecule has 2 N–H and O–H groups in total. The van der Waals surface area contributed by atoms with Crippen LogP contribution in [0.4, 0.5) is 0 Å². The number of hydrogen-bond donors (Lipinski definition) is 2. The van der Waals surface area contributed by atoms with Gasteiger partial charge >= 0.3 is 0 Å². The lowest BCUT2D eigenvalue weighted by molar-refractivity contribution is -0.134. The highest BCUT2D eigenvalue weighted by Crippen LogP contribution is 2.24. The monoisotopic (exact) mass is 247 g/mol. The van der Waals surface area contributed by atoms with E-state index in [9.17, 15) is 5.11 Å². The van der Waals surface area contributed by atoms with E-state index < -0.39 is 5.60 Å². The Morgan fingerprint density at radius 2 is 2.06 bits per heavy atom. The Morgan fingerprint density at radius 1 is 1.41 bits per heavy atom. The molecule has 1 saturated heterocycles. The molecule has 0 saturated carbocycles. The molecule has 0 amide bonds. The van der Waals surface area contributed by atoms with Crippen LogP contribution in [0.25, 0.3) is 0 Å². The lowest BCUT2D eigenvalue weighted by Gasteiger charge is -2.27. The van der Waals surface area contributed by atoms with E-state index in [2.05, 4.69) is 5.32 Å². The zero-order valence-corrected chi connectivity index (χ0v) is 11.1. The highest BCUT2D eigenvalue weighted by molar-refractivity contribution is 4.91. The first-order valence-electron chi connectivity index (χ1n) is 6.40. The first kappa shape index (κ1) is 14.9. The summed E-state index contributed by atoms with van der Waals surface area (Å²) in [4.78, 5) is 0. The highest BCUT2D eigenvalue weighted by Gasteiger charge is 2.39. The number of aliphatic hydroxyl groups is 1. The average Bonchev–Trinajstić information content (AvgIpc) is 2.60. The average molecular weight is 247 g/mol. The summed E-state index contributed by atoms with van der Waals surface area (Å²) >= 11 is 0. The molecule has 5 heteroatoms. The zero-order valence-electron chi connectivity index (χ0n) is 11.1. The van der Waals surface area contributed by atoms with Crippen molar-refractivity contribution in [3.63, 3.8) is 0 Å². The van der Waals surface area contributed by atoms with Crippen LogP contribution < -0.4 is 5.32 Å². The van der Waals surface area contributed by atoms with Crippen LogP contribution in [-0.2, 0) is 14.2 Å². The van der Waals surface area contributed by atoms with E-state index in [1.54, 1.807) is 0 Å². The molecule has 0 aromatic rings. The van der Waals surface area contributed by atoms with Crippen LogP contribution in [0.1, 0.15) is 27.2 Å². The van der Waals surface area contributed by atoms with Crippen LogP contribution in [0, 0.1) is 0 Å². The molecule has 1 heterocycles. The first-order valence-corrected chi connectivity index (χ1v) is 6.40. The first-order chi connectivity index (χ1) is 8.12. The number of hydrogen-bond acceptors (Lipinski definition) is 5. The Kier molecular flexibility index (Phi) is 6.37. The Labute approximate surface area is 103 Å². The van der Waals surface area contributed by atoms with Crippen molar-refractivity contribution < 1.29 is 19.3 Å². The van der Waals surface area contributed by atoms with Crippen molar-refractivity contribution >= 4 is 0 Å². The molecular formula is C12H25NO4. The summed E-state index contributed by atoms with van der Waals surface area (Å²) in [6, 6.07) is 0. The minimum absolute atomic E-state index is 0.118. The third-order valence-corrected chi connectivity index (χ3v) is 3.11. The predicted octanol–water partition coefficient (Wildman–Crippen LogP) is 0.515. The maximum atomic E-state index is 10.3. The van der Waals surface area contributed by atoms with E-state index in [4.69, 9.17) is 14.2 Å². The summed E-state index contributed by atoms with van der Waals surface area (Å²) in [6.07, 6.45) is 0.314. The van der Waals surface area contributed by atoms with Gasteiger partial charge in [-0.15, -0.1) is 0 Å². The summed E-state index contributed by atoms with van der Waals surface area (Å²) in [6.45, 7) is 8.73. The van der Waals surface area contributed by atoms with Crippen molar-refractivity contribution in [3.05, 3.63) is 0 Å². The largest absolute Gasteiger partial charge is 0.386 e. The molecule has 1 rings (SSSR count). The van der Waals surface area contributed by atoms with Gasteiger partial charge in [-0.2, -0.15) is 0 Å². The van der Waals surface area contributed by atoms with Gasteiger partial charge in [0.2, 0.25) is 0 Å². The Hall–Kier alpha value is -0.200. The van der Waals surface area contributed by atoms with Gasteiger partial charge < -0.3 is 24.6 Å². The predicted molar refractivity (Wildman–Crippen MR) is 64.9 cm³/mol. The smallest absolute Gasteiger partial charge is 0.169 e. The maximum Gasteiger partial charge on any atom is 0.169 e. The van der Waals surface area contributed by atoms with E-state index in [-0.39, 0.29) is 12.4 Å². The molecule has 1 aliphatic rings. The molecule has 0 spiro atoms. The maximum absolute atomic E-state index is 10.3. The molecule has 0 aromatic heterocycles. The minimum atomic E-state index is -0.761. The quantitative estimate of drug-likeness (QED) is 0.612. The summed E-state index contributed by atoms with van der Waals surface area (Å²) in [5.41, 5.74) is -0.761. The molecule has 102 valence electrons. The van der Waals surface area contributed by atoms with Gasteiger partial charge in [0.1, 0.15) is 5.60 Å². The summed E-state index contributed by atoms with van der Waals surface area (Å²) in [5, 5.41) is 13.5. The molecule has 2 unspecified atom stereocenters. The lowest BCUT2D eigenvalue weighted by atomic mass is 9.97. The SMILES string of the molecule is CCOC(CNCC1(O)CCOC1C)OCC. The third-order valence-electron chi connectivity index (χ3n) is 3.11. The van der Waals surface area contributed by atoms with E-state index in [1.165, 1.54) is 0 Å². The molecule has 1 aliphatic heterocycles. The second-order valence-electron chi connectivity index (χ2n) is 4.34. The highest BCUT2D eigenvalue weighted by atomic mass is 16.7. The number of rotatable bonds is 8. The van der Waals surface area contributed by atoms with Crippen LogP contribution in [0.3, 0.4) is 0 Å². The van der Waals surface area contributed by atoms with Crippen molar-refractivity contribution in [2.75, 3.05) is 32.9 Å². The van der Waals surface area contributed by atoms with Crippen LogP contribution in [-0.4, -0.2) is 56.0 Å². The van der Waals surface area contributed by atoms with Crippen LogP contribution in [0.5, 0.6) is 0 Å². The van der Waals surface area contributed by atoms with Gasteiger partial charge in [0.25, 0.3) is 0 Å². The molecular weight excluding hydrogens is 222 g/mol. The Bertz CT molecular complexity index is 209. The minimum Gasteiger partial charge on any atom is -0.386 e. The van der Waals surface area contributed by atoms with E-state index >= 15 is 0 Å². The van der Waals surface area contributed by atoms with Crippen molar-refractivity contribution in [2.45, 2.75) is 45.2 Å². The second kappa shape index (κ2) is 7.28. The van der Waals surface area contributed by atoms with Gasteiger partial charge in [-0.3, -0.25) is 0 Å². The fourth-order valence-electron chi connectivity index (χ4n) is 1.95. The van der Waals surface area contributed by atoms with Crippen molar-refractivity contribution in [3.8, 4) is 0 Å². The Balaban J connectivity index is 2.25. The molecule has 0 bridgehead atoms. The van der Waals surface area contributed by atoms with Gasteiger partial charge in [-0.1, -0.05) is 0 Å². The molecule has 0 radical (unpaired) electrons. The molecule has 0 aliphatic carbocycles. The van der Waals surface area contributed by atoms with Gasteiger partial charge in [0.15, 0.2) is 6.29 Å². The second-order valence-corrected chi connectivity index (χ2v) is 4.34. The van der Waals surface area contributed by atoms with Gasteiger partial charge in [0, 0.05) is 39.3 Å². The van der Waals surface area contributed by atoms with Crippen LogP contribution in [0.15, 0.2) is 0 Å². The van der Waals surface area contributed by atoms with Crippen molar-refractivity contribution in [1.29, 1.82) is 0 Å². The number of ether oxygens (including phenoxy) is 3. The Morgan fingerprint density at radius 3 is 2.53 bits per heavy atom. The zero-order chi connectivity index (χ0) is 12.7. The van der Waals surface area contributed by atoms with Crippen molar-refractivity contribution in [1.82, 2.24) is 5.32 Å². The van der Waals surface area contributed by atoms with Crippen LogP contribution in [0.2, 0.25) is 0 Å². The number of nitrogens with one attached hydrogen (secondary N) is 1. The van der Waals surface area contributed by atoms with E-state index in [1.807, 2.05) is 20.8 Å². The van der Waals surface area contributed by atoms with Gasteiger partial charge in [-0.25, -0.2) is 0 Å². The summed E-state index contributed by atoms with van der Waals surface area (Å²) in [7, 11) is 0. The lowest BCUT2D eigenvalue weighted by Crippen LogP contribution is -2.47. The topological polar surface area (TPSA) is 60.0 Å². The fraction of sp³-hybridized carbons (Fsp3) is 1.00. The fourth-order valence-corrected chi connectivity index (χ4v) is 1.95. The van der Waals surface area contributed by atoms with Gasteiger partial charge in [0.05, 0.1) is 6.10 Å². The van der Waals surface area contributed by atoms with E-state index in [0.717, 1.165) is 0 Å². The third kappa shape index (κ3) is 4.52. The summed E-state index contributed by atoms with van der Waals surface area (Å²) < 4.78 is 16.2. The molecule has 17 heavy (non-hydrogen) atoms. The van der Waals surface area contributed by atoms with Crippen molar-refractivity contribution in [2.24, 2.45) is 0 Å². The van der Waals surface area contributed by atoms with Crippen LogP contribution >= 0.6 is 0 Å². The molecule has 2 atom stereocenters. The molecule has 1 fully saturated rings. The summed E-state index contributed by atoms with van der Waals surface area (Å²) in [5.74, 6) is 0. The molecule has 5 nitrogen and oxygen atoms in total.